The molecule has 0 aliphatic heterocycles. The Hall–Kier alpha value is -2.10. The van der Waals surface area contributed by atoms with Crippen molar-refractivity contribution in [1.82, 2.24) is 9.97 Å². The second kappa shape index (κ2) is 4.82. The van der Waals surface area contributed by atoms with E-state index in [-0.39, 0.29) is 0 Å². The van der Waals surface area contributed by atoms with Crippen LogP contribution in [0.5, 0.6) is 0 Å². The van der Waals surface area contributed by atoms with Gasteiger partial charge in [-0.2, -0.15) is 0 Å². The van der Waals surface area contributed by atoms with Crippen molar-refractivity contribution in [1.29, 1.82) is 0 Å². The van der Waals surface area contributed by atoms with Crippen molar-refractivity contribution in [3.05, 3.63) is 47.9 Å². The highest BCUT2D eigenvalue weighted by molar-refractivity contribution is 5.62. The van der Waals surface area contributed by atoms with Crippen molar-refractivity contribution in [2.24, 2.45) is 0 Å². The third kappa shape index (κ3) is 2.72. The van der Waals surface area contributed by atoms with Crippen LogP contribution in [0, 0.1) is 6.92 Å². The van der Waals surface area contributed by atoms with Crippen LogP contribution in [0.3, 0.4) is 0 Å². The zero-order valence-electron chi connectivity index (χ0n) is 10.1. The molecule has 2 heterocycles. The van der Waals surface area contributed by atoms with Crippen molar-refractivity contribution in [3.8, 4) is 0 Å². The van der Waals surface area contributed by atoms with Gasteiger partial charge in [0.2, 0.25) is 0 Å². The van der Waals surface area contributed by atoms with Gasteiger partial charge in [0.1, 0.15) is 0 Å². The summed E-state index contributed by atoms with van der Waals surface area (Å²) in [5.41, 5.74) is 8.78. The zero-order valence-corrected chi connectivity index (χ0v) is 10.1. The molecule has 0 saturated heterocycles. The highest BCUT2D eigenvalue weighted by Gasteiger charge is 2.07. The van der Waals surface area contributed by atoms with Crippen LogP contribution in [0.2, 0.25) is 0 Å². The Labute approximate surface area is 101 Å². The third-order valence-corrected chi connectivity index (χ3v) is 2.58. The first-order chi connectivity index (χ1) is 8.16. The van der Waals surface area contributed by atoms with E-state index in [9.17, 15) is 0 Å². The number of hydrogen-bond donors (Lipinski definition) is 1. The minimum atomic E-state index is 0.701. The van der Waals surface area contributed by atoms with Gasteiger partial charge < -0.3 is 10.6 Å². The summed E-state index contributed by atoms with van der Waals surface area (Å²) >= 11 is 0. The molecule has 0 aliphatic rings. The van der Waals surface area contributed by atoms with E-state index in [1.165, 1.54) is 5.56 Å². The van der Waals surface area contributed by atoms with Crippen molar-refractivity contribution in [2.75, 3.05) is 17.7 Å². The Morgan fingerprint density at radius 2 is 1.88 bits per heavy atom. The number of anilines is 2. The van der Waals surface area contributed by atoms with Crippen molar-refractivity contribution in [3.63, 3.8) is 0 Å². The van der Waals surface area contributed by atoms with Gasteiger partial charge in [-0.15, -0.1) is 0 Å². The Bertz CT molecular complexity index is 496. The van der Waals surface area contributed by atoms with Crippen molar-refractivity contribution >= 4 is 11.5 Å². The summed E-state index contributed by atoms with van der Waals surface area (Å²) in [4.78, 5) is 10.5. The minimum Gasteiger partial charge on any atom is -0.396 e. The molecule has 0 saturated carbocycles. The number of hydrogen-bond acceptors (Lipinski definition) is 4. The maximum atomic E-state index is 5.93. The standard InChI is InChI=1S/C13H16N4/c1-10-3-4-12(14)13(16-10)17(2)9-11-5-7-15-8-6-11/h3-8H,9,14H2,1-2H3. The molecule has 0 radical (unpaired) electrons. The summed E-state index contributed by atoms with van der Waals surface area (Å²) in [5, 5.41) is 0. The van der Waals surface area contributed by atoms with Crippen LogP contribution >= 0.6 is 0 Å². The van der Waals surface area contributed by atoms with E-state index in [4.69, 9.17) is 5.73 Å². The quantitative estimate of drug-likeness (QED) is 0.873. The molecule has 4 heteroatoms. The van der Waals surface area contributed by atoms with Gasteiger partial charge in [0.15, 0.2) is 5.82 Å². The first-order valence-corrected chi connectivity index (χ1v) is 5.50. The lowest BCUT2D eigenvalue weighted by atomic mass is 10.2. The van der Waals surface area contributed by atoms with Gasteiger partial charge in [-0.25, -0.2) is 4.98 Å². The van der Waals surface area contributed by atoms with Crippen LogP contribution in [0.25, 0.3) is 0 Å². The van der Waals surface area contributed by atoms with Crippen LogP contribution in [0.1, 0.15) is 11.3 Å². The number of pyridine rings is 2. The summed E-state index contributed by atoms with van der Waals surface area (Å²) in [7, 11) is 1.98. The monoisotopic (exact) mass is 228 g/mol. The van der Waals surface area contributed by atoms with E-state index >= 15 is 0 Å². The van der Waals surface area contributed by atoms with Crippen LogP contribution in [0.4, 0.5) is 11.5 Å². The Balaban J connectivity index is 2.20. The van der Waals surface area contributed by atoms with Gasteiger partial charge in [0, 0.05) is 31.7 Å². The number of nitrogen functional groups attached to an aromatic ring is 1. The summed E-state index contributed by atoms with van der Waals surface area (Å²) in [6, 6.07) is 7.78. The van der Waals surface area contributed by atoms with Crippen LogP contribution in [0.15, 0.2) is 36.7 Å². The van der Waals surface area contributed by atoms with E-state index in [0.717, 1.165) is 18.1 Å². The lowest BCUT2D eigenvalue weighted by Crippen LogP contribution is -2.19. The maximum Gasteiger partial charge on any atom is 0.152 e. The number of aryl methyl sites for hydroxylation is 1. The predicted molar refractivity (Wildman–Crippen MR) is 69.7 cm³/mol. The first-order valence-electron chi connectivity index (χ1n) is 5.50. The normalized spacial score (nSPS) is 10.2. The van der Waals surface area contributed by atoms with Gasteiger partial charge in [-0.05, 0) is 36.8 Å². The molecule has 0 fully saturated rings. The second-order valence-electron chi connectivity index (χ2n) is 4.08. The first kappa shape index (κ1) is 11.4. The van der Waals surface area contributed by atoms with E-state index in [2.05, 4.69) is 9.97 Å². The Morgan fingerprint density at radius 1 is 1.18 bits per heavy atom. The summed E-state index contributed by atoms with van der Waals surface area (Å²) in [6.45, 7) is 2.73. The molecule has 88 valence electrons. The molecular weight excluding hydrogens is 212 g/mol. The van der Waals surface area contributed by atoms with Crippen LogP contribution < -0.4 is 10.6 Å². The molecule has 17 heavy (non-hydrogen) atoms. The zero-order chi connectivity index (χ0) is 12.3. The highest BCUT2D eigenvalue weighted by Crippen LogP contribution is 2.20. The lowest BCUT2D eigenvalue weighted by molar-refractivity contribution is 0.892. The Kier molecular flexibility index (Phi) is 3.23. The molecule has 0 spiro atoms. The average Bonchev–Trinajstić information content (AvgIpc) is 2.33. The molecule has 0 bridgehead atoms. The van der Waals surface area contributed by atoms with Gasteiger partial charge >= 0.3 is 0 Å². The fourth-order valence-corrected chi connectivity index (χ4v) is 1.70. The number of nitrogens with two attached hydrogens (primary N) is 1. The highest BCUT2D eigenvalue weighted by atomic mass is 15.2. The van der Waals surface area contributed by atoms with Crippen LogP contribution in [-0.2, 0) is 6.54 Å². The molecule has 0 aliphatic carbocycles. The third-order valence-electron chi connectivity index (χ3n) is 2.58. The summed E-state index contributed by atoms with van der Waals surface area (Å²) < 4.78 is 0. The van der Waals surface area contributed by atoms with Gasteiger partial charge in [-0.3, -0.25) is 4.98 Å². The summed E-state index contributed by atoms with van der Waals surface area (Å²) in [6.07, 6.45) is 3.58. The SMILES string of the molecule is Cc1ccc(N)c(N(C)Cc2ccncc2)n1. The molecule has 2 aromatic heterocycles. The molecule has 2 aromatic rings. The van der Waals surface area contributed by atoms with Crippen molar-refractivity contribution in [2.45, 2.75) is 13.5 Å². The van der Waals surface area contributed by atoms with E-state index in [1.54, 1.807) is 12.4 Å². The van der Waals surface area contributed by atoms with Gasteiger partial charge in [-0.1, -0.05) is 0 Å². The smallest absolute Gasteiger partial charge is 0.152 e. The van der Waals surface area contributed by atoms with Gasteiger partial charge in [0.05, 0.1) is 5.69 Å². The predicted octanol–water partition coefficient (Wildman–Crippen LogP) is 2.00. The minimum absolute atomic E-state index is 0.701. The molecule has 4 nitrogen and oxygen atoms in total. The average molecular weight is 228 g/mol. The molecule has 0 atom stereocenters. The second-order valence-corrected chi connectivity index (χ2v) is 4.08. The maximum absolute atomic E-state index is 5.93. The topological polar surface area (TPSA) is 55.0 Å². The molecule has 0 unspecified atom stereocenters. The molecule has 2 rings (SSSR count). The number of rotatable bonds is 3. The lowest BCUT2D eigenvalue weighted by Gasteiger charge is -2.20. The number of aromatic nitrogens is 2. The van der Waals surface area contributed by atoms with Crippen molar-refractivity contribution < 1.29 is 0 Å². The largest absolute Gasteiger partial charge is 0.396 e. The van der Waals surface area contributed by atoms with Crippen LogP contribution in [-0.4, -0.2) is 17.0 Å². The molecular formula is C13H16N4. The molecule has 0 aromatic carbocycles. The molecule has 2 N–H and O–H groups in total. The van der Waals surface area contributed by atoms with E-state index in [0.29, 0.717) is 5.69 Å². The van der Waals surface area contributed by atoms with E-state index in [1.807, 2.05) is 43.1 Å². The number of nitrogens with zero attached hydrogens (tertiary/aromatic N) is 3. The fourth-order valence-electron chi connectivity index (χ4n) is 1.70. The Morgan fingerprint density at radius 3 is 2.59 bits per heavy atom. The fraction of sp³-hybridized carbons (Fsp3) is 0.231. The molecule has 0 amide bonds. The van der Waals surface area contributed by atoms with Gasteiger partial charge in [0.25, 0.3) is 0 Å². The summed E-state index contributed by atoms with van der Waals surface area (Å²) in [5.74, 6) is 0.821. The van der Waals surface area contributed by atoms with E-state index < -0.39 is 0 Å².